The van der Waals surface area contributed by atoms with Crippen LogP contribution >= 0.6 is 0 Å². The largest absolute Gasteiger partial charge is 0.380 e. The summed E-state index contributed by atoms with van der Waals surface area (Å²) in [7, 11) is 3.72. The Morgan fingerprint density at radius 1 is 1.44 bits per heavy atom. The minimum Gasteiger partial charge on any atom is -0.380 e. The van der Waals surface area contributed by atoms with Crippen molar-refractivity contribution in [2.24, 2.45) is 5.92 Å². The molecule has 1 saturated carbocycles. The normalized spacial score (nSPS) is 18.7. The predicted molar refractivity (Wildman–Crippen MR) is 71.2 cm³/mol. The smallest absolute Gasteiger partial charge is 0.123 e. The maximum Gasteiger partial charge on any atom is 0.123 e. The molecular formula is C15H22FNO. The summed E-state index contributed by atoms with van der Waals surface area (Å²) < 4.78 is 18.9. The quantitative estimate of drug-likeness (QED) is 0.839. The van der Waals surface area contributed by atoms with Gasteiger partial charge in [-0.1, -0.05) is 6.07 Å². The third-order valence-corrected chi connectivity index (χ3v) is 3.88. The highest BCUT2D eigenvalue weighted by atomic mass is 19.1. The van der Waals surface area contributed by atoms with E-state index < -0.39 is 0 Å². The Hall–Kier alpha value is -0.930. The maximum atomic E-state index is 13.3. The lowest BCUT2D eigenvalue weighted by atomic mass is 9.95. The first kappa shape index (κ1) is 13.5. The summed E-state index contributed by atoms with van der Waals surface area (Å²) in [6, 6.07) is 5.25. The van der Waals surface area contributed by atoms with Crippen molar-refractivity contribution in [1.29, 1.82) is 0 Å². The SMILES string of the molecule is CNC(Cc1cc(F)ccc1C)C(OC)C1CC1. The van der Waals surface area contributed by atoms with Gasteiger partial charge in [0, 0.05) is 13.2 Å². The summed E-state index contributed by atoms with van der Waals surface area (Å²) in [4.78, 5) is 0. The lowest BCUT2D eigenvalue weighted by molar-refractivity contribution is 0.0534. The van der Waals surface area contributed by atoms with E-state index in [0.717, 1.165) is 17.5 Å². The van der Waals surface area contributed by atoms with Crippen LogP contribution in [-0.4, -0.2) is 26.3 Å². The molecule has 1 aromatic rings. The first-order chi connectivity index (χ1) is 8.65. The number of ether oxygens (including phenoxy) is 1. The fourth-order valence-electron chi connectivity index (χ4n) is 2.59. The molecule has 0 heterocycles. The number of hydrogen-bond donors (Lipinski definition) is 1. The van der Waals surface area contributed by atoms with Gasteiger partial charge in [-0.2, -0.15) is 0 Å². The van der Waals surface area contributed by atoms with Crippen molar-refractivity contribution in [3.05, 3.63) is 35.1 Å². The average molecular weight is 251 g/mol. The molecule has 2 rings (SSSR count). The van der Waals surface area contributed by atoms with Gasteiger partial charge in [-0.15, -0.1) is 0 Å². The molecule has 0 spiro atoms. The summed E-state index contributed by atoms with van der Waals surface area (Å²) in [6.45, 7) is 2.03. The summed E-state index contributed by atoms with van der Waals surface area (Å²) in [5.74, 6) is 0.507. The van der Waals surface area contributed by atoms with E-state index in [4.69, 9.17) is 4.74 Å². The molecule has 2 unspecified atom stereocenters. The number of rotatable bonds is 6. The molecule has 100 valence electrons. The molecule has 0 bridgehead atoms. The highest BCUT2D eigenvalue weighted by Gasteiger charge is 2.36. The number of benzene rings is 1. The van der Waals surface area contributed by atoms with Gasteiger partial charge in [0.15, 0.2) is 0 Å². The fraction of sp³-hybridized carbons (Fsp3) is 0.600. The Morgan fingerprint density at radius 2 is 2.17 bits per heavy atom. The zero-order chi connectivity index (χ0) is 13.1. The van der Waals surface area contributed by atoms with E-state index >= 15 is 0 Å². The van der Waals surface area contributed by atoms with Crippen LogP contribution in [0.15, 0.2) is 18.2 Å². The van der Waals surface area contributed by atoms with E-state index in [9.17, 15) is 4.39 Å². The van der Waals surface area contributed by atoms with Gasteiger partial charge in [0.1, 0.15) is 5.82 Å². The van der Waals surface area contributed by atoms with Gasteiger partial charge in [-0.25, -0.2) is 4.39 Å². The van der Waals surface area contributed by atoms with Gasteiger partial charge in [0.2, 0.25) is 0 Å². The molecule has 1 N–H and O–H groups in total. The average Bonchev–Trinajstić information content (AvgIpc) is 3.17. The van der Waals surface area contributed by atoms with Gasteiger partial charge >= 0.3 is 0 Å². The molecule has 1 aliphatic carbocycles. The molecular weight excluding hydrogens is 229 g/mol. The Morgan fingerprint density at radius 3 is 2.72 bits per heavy atom. The second-order valence-electron chi connectivity index (χ2n) is 5.21. The molecule has 1 aromatic carbocycles. The monoisotopic (exact) mass is 251 g/mol. The van der Waals surface area contributed by atoms with Gasteiger partial charge in [-0.3, -0.25) is 0 Å². The first-order valence-electron chi connectivity index (χ1n) is 6.60. The van der Waals surface area contributed by atoms with E-state index in [2.05, 4.69) is 5.32 Å². The molecule has 2 atom stereocenters. The molecule has 1 fully saturated rings. The van der Waals surface area contributed by atoms with Crippen LogP contribution in [0, 0.1) is 18.7 Å². The van der Waals surface area contributed by atoms with Crippen LogP contribution in [0.25, 0.3) is 0 Å². The number of hydrogen-bond acceptors (Lipinski definition) is 2. The zero-order valence-electron chi connectivity index (χ0n) is 11.4. The summed E-state index contributed by atoms with van der Waals surface area (Å²) >= 11 is 0. The third kappa shape index (κ3) is 3.09. The molecule has 18 heavy (non-hydrogen) atoms. The number of likely N-dealkylation sites (N-methyl/N-ethyl adjacent to an activating group) is 1. The van der Waals surface area contributed by atoms with Crippen molar-refractivity contribution in [2.75, 3.05) is 14.2 Å². The second-order valence-corrected chi connectivity index (χ2v) is 5.21. The Labute approximate surface area is 109 Å². The Bertz CT molecular complexity index is 403. The molecule has 0 amide bonds. The van der Waals surface area contributed by atoms with Gasteiger partial charge < -0.3 is 10.1 Å². The van der Waals surface area contributed by atoms with E-state index in [0.29, 0.717) is 5.92 Å². The standard InChI is InChI=1S/C15H22FNO/c1-10-4-7-13(16)8-12(10)9-14(17-2)15(18-3)11-5-6-11/h4,7-8,11,14-15,17H,5-6,9H2,1-3H3. The molecule has 0 radical (unpaired) electrons. The van der Waals surface area contributed by atoms with Crippen LogP contribution in [0.2, 0.25) is 0 Å². The van der Waals surface area contributed by atoms with Crippen LogP contribution in [0.1, 0.15) is 24.0 Å². The Kier molecular flexibility index (Phi) is 4.36. The summed E-state index contributed by atoms with van der Waals surface area (Å²) in [5, 5.41) is 3.32. The molecule has 0 aliphatic heterocycles. The molecule has 3 heteroatoms. The lowest BCUT2D eigenvalue weighted by Gasteiger charge is -2.26. The topological polar surface area (TPSA) is 21.3 Å². The van der Waals surface area contributed by atoms with Crippen LogP contribution in [-0.2, 0) is 11.2 Å². The maximum absolute atomic E-state index is 13.3. The minimum atomic E-state index is -0.161. The van der Waals surface area contributed by atoms with Gasteiger partial charge in [0.05, 0.1) is 6.10 Å². The predicted octanol–water partition coefficient (Wildman–Crippen LogP) is 2.69. The molecule has 1 aliphatic rings. The van der Waals surface area contributed by atoms with Gasteiger partial charge in [0.25, 0.3) is 0 Å². The number of nitrogens with one attached hydrogen (secondary N) is 1. The first-order valence-corrected chi connectivity index (χ1v) is 6.60. The lowest BCUT2D eigenvalue weighted by Crippen LogP contribution is -2.42. The van der Waals surface area contributed by atoms with Crippen molar-refractivity contribution in [3.63, 3.8) is 0 Å². The van der Waals surface area contributed by atoms with E-state index in [1.54, 1.807) is 13.2 Å². The van der Waals surface area contributed by atoms with Crippen LogP contribution in [0.4, 0.5) is 4.39 Å². The number of methoxy groups -OCH3 is 1. The summed E-state index contributed by atoms with van der Waals surface area (Å²) in [5.41, 5.74) is 2.21. The zero-order valence-corrected chi connectivity index (χ0v) is 11.4. The molecule has 0 aromatic heterocycles. The fourth-order valence-corrected chi connectivity index (χ4v) is 2.59. The molecule has 0 saturated heterocycles. The summed E-state index contributed by atoms with van der Waals surface area (Å²) in [6.07, 6.45) is 3.55. The van der Waals surface area contributed by atoms with Crippen molar-refractivity contribution < 1.29 is 9.13 Å². The highest BCUT2D eigenvalue weighted by Crippen LogP contribution is 2.36. The van der Waals surface area contributed by atoms with Crippen molar-refractivity contribution in [2.45, 2.75) is 38.3 Å². The van der Waals surface area contributed by atoms with Crippen LogP contribution < -0.4 is 5.32 Å². The Balaban J connectivity index is 2.11. The highest BCUT2D eigenvalue weighted by molar-refractivity contribution is 5.27. The van der Waals surface area contributed by atoms with Crippen LogP contribution in [0.3, 0.4) is 0 Å². The van der Waals surface area contributed by atoms with Crippen LogP contribution in [0.5, 0.6) is 0 Å². The van der Waals surface area contributed by atoms with E-state index in [-0.39, 0.29) is 18.0 Å². The number of halogens is 1. The molecule has 2 nitrogen and oxygen atoms in total. The van der Waals surface area contributed by atoms with Crippen molar-refractivity contribution >= 4 is 0 Å². The number of aryl methyl sites for hydroxylation is 1. The minimum absolute atomic E-state index is 0.161. The van der Waals surface area contributed by atoms with Gasteiger partial charge in [-0.05, 0) is 62.4 Å². The third-order valence-electron chi connectivity index (χ3n) is 3.88. The van der Waals surface area contributed by atoms with E-state index in [1.807, 2.05) is 20.0 Å². The van der Waals surface area contributed by atoms with Crippen molar-refractivity contribution in [3.8, 4) is 0 Å². The van der Waals surface area contributed by atoms with Crippen molar-refractivity contribution in [1.82, 2.24) is 5.32 Å². The van der Waals surface area contributed by atoms with E-state index in [1.165, 1.54) is 18.9 Å². The second kappa shape index (κ2) is 5.81.